The second-order valence-corrected chi connectivity index (χ2v) is 7.37. The number of aliphatic carboxylic acids is 1. The van der Waals surface area contributed by atoms with Crippen LogP contribution in [0.15, 0.2) is 24.3 Å². The Morgan fingerprint density at radius 2 is 2.10 bits per heavy atom. The molecule has 1 heterocycles. The van der Waals surface area contributed by atoms with Crippen LogP contribution in [-0.2, 0) is 4.79 Å². The lowest BCUT2D eigenvalue weighted by atomic mass is 9.74. The van der Waals surface area contributed by atoms with Gasteiger partial charge in [0.1, 0.15) is 0 Å². The summed E-state index contributed by atoms with van der Waals surface area (Å²) in [6.07, 6.45) is 1.71. The van der Waals surface area contributed by atoms with E-state index in [1.165, 1.54) is 0 Å². The number of benzene rings is 1. The van der Waals surface area contributed by atoms with Crippen molar-refractivity contribution in [3.63, 3.8) is 0 Å². The first-order chi connectivity index (χ1) is 9.82. The molecular formula is C16H20INO3. The topological polar surface area (TPSA) is 57.6 Å². The largest absolute Gasteiger partial charge is 0.481 e. The fourth-order valence-electron chi connectivity index (χ4n) is 2.73. The SMILES string of the molecule is CC(C)(C(=O)O)C1CCCN(C(=O)c2cccc(I)c2)C1. The number of hydrogen-bond donors (Lipinski definition) is 1. The maximum absolute atomic E-state index is 12.6. The molecule has 0 spiro atoms. The highest BCUT2D eigenvalue weighted by atomic mass is 127. The third kappa shape index (κ3) is 3.56. The molecule has 1 aliphatic heterocycles. The highest BCUT2D eigenvalue weighted by Gasteiger charge is 2.40. The van der Waals surface area contributed by atoms with Crippen LogP contribution >= 0.6 is 22.6 Å². The lowest BCUT2D eigenvalue weighted by Crippen LogP contribution is -2.46. The van der Waals surface area contributed by atoms with Crippen molar-refractivity contribution in [2.24, 2.45) is 11.3 Å². The number of carbonyl (C=O) groups excluding carboxylic acids is 1. The van der Waals surface area contributed by atoms with E-state index in [4.69, 9.17) is 0 Å². The first-order valence-corrected chi connectivity index (χ1v) is 8.18. The molecule has 1 saturated heterocycles. The minimum Gasteiger partial charge on any atom is -0.481 e. The Labute approximate surface area is 138 Å². The molecule has 21 heavy (non-hydrogen) atoms. The summed E-state index contributed by atoms with van der Waals surface area (Å²) < 4.78 is 1.03. The molecule has 1 aromatic carbocycles. The molecule has 114 valence electrons. The van der Waals surface area contributed by atoms with Crippen molar-refractivity contribution < 1.29 is 14.7 Å². The molecule has 1 aliphatic rings. The molecule has 4 nitrogen and oxygen atoms in total. The van der Waals surface area contributed by atoms with Gasteiger partial charge in [-0.2, -0.15) is 0 Å². The second-order valence-electron chi connectivity index (χ2n) is 6.13. The fraction of sp³-hybridized carbons (Fsp3) is 0.500. The van der Waals surface area contributed by atoms with E-state index in [-0.39, 0.29) is 11.8 Å². The van der Waals surface area contributed by atoms with Crippen molar-refractivity contribution in [3.8, 4) is 0 Å². The summed E-state index contributed by atoms with van der Waals surface area (Å²) in [5, 5.41) is 9.37. The van der Waals surface area contributed by atoms with E-state index in [1.54, 1.807) is 18.7 Å². The van der Waals surface area contributed by atoms with E-state index < -0.39 is 11.4 Å². The second kappa shape index (κ2) is 6.34. The first-order valence-electron chi connectivity index (χ1n) is 7.10. The summed E-state index contributed by atoms with van der Waals surface area (Å²) >= 11 is 2.19. The normalized spacial score (nSPS) is 19.4. The Morgan fingerprint density at radius 1 is 1.38 bits per heavy atom. The van der Waals surface area contributed by atoms with Crippen LogP contribution in [-0.4, -0.2) is 35.0 Å². The molecule has 0 aromatic heterocycles. The third-order valence-electron chi connectivity index (χ3n) is 4.35. The molecule has 1 amide bonds. The van der Waals surface area contributed by atoms with E-state index in [0.29, 0.717) is 18.7 Å². The molecule has 1 atom stereocenters. The van der Waals surface area contributed by atoms with Gasteiger partial charge >= 0.3 is 5.97 Å². The summed E-state index contributed by atoms with van der Waals surface area (Å²) in [4.78, 5) is 25.8. The van der Waals surface area contributed by atoms with Gasteiger partial charge in [0.05, 0.1) is 5.41 Å². The fourth-order valence-corrected chi connectivity index (χ4v) is 3.27. The summed E-state index contributed by atoms with van der Waals surface area (Å²) in [5.41, 5.74) is -0.125. The number of piperidine rings is 1. The summed E-state index contributed by atoms with van der Waals surface area (Å²) in [6.45, 7) is 4.72. The van der Waals surface area contributed by atoms with Gasteiger partial charge in [0.2, 0.25) is 0 Å². The van der Waals surface area contributed by atoms with Crippen LogP contribution in [0.4, 0.5) is 0 Å². The van der Waals surface area contributed by atoms with Crippen LogP contribution in [0.25, 0.3) is 0 Å². The maximum atomic E-state index is 12.6. The smallest absolute Gasteiger partial charge is 0.309 e. The number of hydrogen-bond acceptors (Lipinski definition) is 2. The van der Waals surface area contributed by atoms with Crippen molar-refractivity contribution in [2.45, 2.75) is 26.7 Å². The van der Waals surface area contributed by atoms with Gasteiger partial charge in [0, 0.05) is 22.2 Å². The first kappa shape index (κ1) is 16.3. The van der Waals surface area contributed by atoms with Gasteiger partial charge < -0.3 is 10.0 Å². The average Bonchev–Trinajstić information content (AvgIpc) is 2.46. The van der Waals surface area contributed by atoms with Crippen molar-refractivity contribution >= 4 is 34.5 Å². The Hall–Kier alpha value is -1.11. The molecule has 2 rings (SSSR count). The van der Waals surface area contributed by atoms with E-state index in [0.717, 1.165) is 16.4 Å². The molecule has 0 saturated carbocycles. The van der Waals surface area contributed by atoms with Gasteiger partial charge in [-0.1, -0.05) is 6.07 Å². The summed E-state index contributed by atoms with van der Waals surface area (Å²) in [7, 11) is 0. The van der Waals surface area contributed by atoms with E-state index >= 15 is 0 Å². The van der Waals surface area contributed by atoms with E-state index in [9.17, 15) is 14.7 Å². The van der Waals surface area contributed by atoms with Gasteiger partial charge in [0.25, 0.3) is 5.91 Å². The summed E-state index contributed by atoms with van der Waals surface area (Å²) in [6, 6.07) is 7.51. The average molecular weight is 401 g/mol. The van der Waals surface area contributed by atoms with Crippen molar-refractivity contribution in [2.75, 3.05) is 13.1 Å². The minimum atomic E-state index is -0.802. The molecule has 0 radical (unpaired) electrons. The van der Waals surface area contributed by atoms with Crippen LogP contribution in [0.5, 0.6) is 0 Å². The van der Waals surface area contributed by atoms with Gasteiger partial charge in [-0.05, 0) is 73.4 Å². The van der Waals surface area contributed by atoms with Crippen LogP contribution in [0.2, 0.25) is 0 Å². The quantitative estimate of drug-likeness (QED) is 0.792. The Bertz CT molecular complexity index is 556. The molecule has 1 unspecified atom stereocenters. The third-order valence-corrected chi connectivity index (χ3v) is 5.02. The minimum absolute atomic E-state index is 0.000551. The van der Waals surface area contributed by atoms with Crippen molar-refractivity contribution in [1.82, 2.24) is 4.90 Å². The number of nitrogens with zero attached hydrogens (tertiary/aromatic N) is 1. The number of rotatable bonds is 3. The van der Waals surface area contributed by atoms with E-state index in [1.807, 2.05) is 24.3 Å². The van der Waals surface area contributed by atoms with Gasteiger partial charge in [-0.3, -0.25) is 9.59 Å². The van der Waals surface area contributed by atoms with E-state index in [2.05, 4.69) is 22.6 Å². The molecule has 0 aliphatic carbocycles. The molecule has 0 bridgehead atoms. The number of likely N-dealkylation sites (tertiary alicyclic amines) is 1. The van der Waals surface area contributed by atoms with Crippen LogP contribution in [0, 0.1) is 14.9 Å². The lowest BCUT2D eigenvalue weighted by Gasteiger charge is -2.39. The molecule has 5 heteroatoms. The highest BCUT2D eigenvalue weighted by molar-refractivity contribution is 14.1. The summed E-state index contributed by atoms with van der Waals surface area (Å²) in [5.74, 6) is -0.800. The predicted molar refractivity (Wildman–Crippen MR) is 89.2 cm³/mol. The number of carbonyl (C=O) groups is 2. The highest BCUT2D eigenvalue weighted by Crippen LogP contribution is 2.34. The number of carboxylic acids is 1. The monoisotopic (exact) mass is 401 g/mol. The van der Waals surface area contributed by atoms with Gasteiger partial charge in [0.15, 0.2) is 0 Å². The van der Waals surface area contributed by atoms with Crippen LogP contribution < -0.4 is 0 Å². The zero-order valence-electron chi connectivity index (χ0n) is 12.3. The molecule has 1 aromatic rings. The maximum Gasteiger partial charge on any atom is 0.309 e. The zero-order chi connectivity index (χ0) is 15.6. The van der Waals surface area contributed by atoms with Crippen LogP contribution in [0.1, 0.15) is 37.0 Å². The Morgan fingerprint density at radius 3 is 2.71 bits per heavy atom. The van der Waals surface area contributed by atoms with Crippen molar-refractivity contribution in [1.29, 1.82) is 0 Å². The van der Waals surface area contributed by atoms with Gasteiger partial charge in [-0.25, -0.2) is 0 Å². The standard InChI is InChI=1S/C16H20INO3/c1-16(2,15(20)21)12-6-4-8-18(10-12)14(19)11-5-3-7-13(17)9-11/h3,5,7,9,12H,4,6,8,10H2,1-2H3,(H,20,21). The van der Waals surface area contributed by atoms with Gasteiger partial charge in [-0.15, -0.1) is 0 Å². The molecule has 1 N–H and O–H groups in total. The van der Waals surface area contributed by atoms with Crippen LogP contribution in [0.3, 0.4) is 0 Å². The van der Waals surface area contributed by atoms with Crippen molar-refractivity contribution in [3.05, 3.63) is 33.4 Å². The lowest BCUT2D eigenvalue weighted by molar-refractivity contribution is -0.151. The number of amides is 1. The Kier molecular flexibility index (Phi) is 4.91. The molecule has 1 fully saturated rings. The number of carboxylic acid groups (broad SMARTS) is 1. The number of halogens is 1. The Balaban J connectivity index is 2.14. The molecular weight excluding hydrogens is 381 g/mol. The predicted octanol–water partition coefficient (Wildman–Crippen LogP) is 3.25. The zero-order valence-corrected chi connectivity index (χ0v) is 14.5.